The van der Waals surface area contributed by atoms with Gasteiger partial charge in [-0.1, -0.05) is 6.42 Å². The maximum atomic E-state index is 12.4. The Morgan fingerprint density at radius 3 is 2.55 bits per heavy atom. The minimum Gasteiger partial charge on any atom is -0.342 e. The number of likely N-dealkylation sites (N-methyl/N-ethyl adjacent to an activating group) is 1. The monoisotopic (exact) mass is 278 g/mol. The summed E-state index contributed by atoms with van der Waals surface area (Å²) in [6.45, 7) is 7.83. The molecule has 3 saturated carbocycles. The maximum absolute atomic E-state index is 12.4. The van der Waals surface area contributed by atoms with Gasteiger partial charge in [0.15, 0.2) is 0 Å². The molecular weight excluding hydrogens is 248 g/mol. The summed E-state index contributed by atoms with van der Waals surface area (Å²) in [7, 11) is 0. The van der Waals surface area contributed by atoms with E-state index in [1.807, 2.05) is 4.90 Å². The number of nitrogens with zero attached hydrogens (tertiary/aromatic N) is 1. The summed E-state index contributed by atoms with van der Waals surface area (Å²) >= 11 is 0. The first kappa shape index (κ1) is 14.4. The molecule has 3 rings (SSSR count). The van der Waals surface area contributed by atoms with E-state index in [0.717, 1.165) is 36.8 Å². The second kappa shape index (κ2) is 5.67. The highest BCUT2D eigenvalue weighted by atomic mass is 16.2. The Kier molecular flexibility index (Phi) is 4.07. The molecule has 0 saturated heterocycles. The third kappa shape index (κ3) is 2.28. The van der Waals surface area contributed by atoms with Crippen LogP contribution in [0.2, 0.25) is 0 Å². The Morgan fingerprint density at radius 2 is 1.85 bits per heavy atom. The lowest BCUT2D eigenvalue weighted by Crippen LogP contribution is -2.51. The number of carbonyl (C=O) groups excluding carboxylic acids is 1. The lowest BCUT2D eigenvalue weighted by molar-refractivity contribution is -0.133. The van der Waals surface area contributed by atoms with Gasteiger partial charge in [0.05, 0.1) is 6.04 Å². The number of hydrogen-bond acceptors (Lipinski definition) is 2. The van der Waals surface area contributed by atoms with Crippen molar-refractivity contribution in [2.75, 3.05) is 13.1 Å². The average Bonchev–Trinajstić information content (AvgIpc) is 3.11. The Labute approximate surface area is 123 Å². The molecule has 3 heteroatoms. The molecular formula is C17H30N2O. The van der Waals surface area contributed by atoms with Crippen molar-refractivity contribution in [1.82, 2.24) is 10.2 Å². The van der Waals surface area contributed by atoms with Crippen LogP contribution in [0.3, 0.4) is 0 Å². The topological polar surface area (TPSA) is 32.3 Å². The van der Waals surface area contributed by atoms with Gasteiger partial charge in [0.25, 0.3) is 0 Å². The van der Waals surface area contributed by atoms with E-state index in [4.69, 9.17) is 0 Å². The summed E-state index contributed by atoms with van der Waals surface area (Å²) in [6.07, 6.45) is 7.12. The summed E-state index contributed by atoms with van der Waals surface area (Å²) in [5, 5.41) is 3.68. The number of rotatable bonds is 5. The van der Waals surface area contributed by atoms with Crippen molar-refractivity contribution in [3.8, 4) is 0 Å². The van der Waals surface area contributed by atoms with Crippen LogP contribution < -0.4 is 5.32 Å². The fraction of sp³-hybridized carbons (Fsp3) is 0.941. The van der Waals surface area contributed by atoms with Crippen LogP contribution >= 0.6 is 0 Å². The van der Waals surface area contributed by atoms with Crippen molar-refractivity contribution in [1.29, 1.82) is 0 Å². The first-order valence-corrected chi connectivity index (χ1v) is 8.70. The zero-order valence-electron chi connectivity index (χ0n) is 13.3. The van der Waals surface area contributed by atoms with E-state index in [0.29, 0.717) is 6.04 Å². The fourth-order valence-electron chi connectivity index (χ4n) is 5.46. The standard InChI is InChI=1S/C17H30N2O/c1-4-19(5-2)17(20)11(3)18-16-10-12-9-15(16)14-8-6-7-13(12)14/h11-16,18H,4-10H2,1-3H3. The molecule has 20 heavy (non-hydrogen) atoms. The van der Waals surface area contributed by atoms with Crippen LogP contribution in [0.25, 0.3) is 0 Å². The van der Waals surface area contributed by atoms with Gasteiger partial charge >= 0.3 is 0 Å². The van der Waals surface area contributed by atoms with E-state index in [9.17, 15) is 4.79 Å². The van der Waals surface area contributed by atoms with Crippen molar-refractivity contribution < 1.29 is 4.79 Å². The molecule has 0 aromatic carbocycles. The molecule has 0 aromatic rings. The van der Waals surface area contributed by atoms with Crippen LogP contribution in [0.5, 0.6) is 0 Å². The van der Waals surface area contributed by atoms with Gasteiger partial charge in [0, 0.05) is 19.1 Å². The van der Waals surface area contributed by atoms with E-state index in [1.165, 1.54) is 32.1 Å². The van der Waals surface area contributed by atoms with E-state index in [-0.39, 0.29) is 11.9 Å². The zero-order valence-corrected chi connectivity index (χ0v) is 13.3. The van der Waals surface area contributed by atoms with Crippen molar-refractivity contribution in [2.45, 2.75) is 65.0 Å². The third-order valence-corrected chi connectivity index (χ3v) is 6.34. The van der Waals surface area contributed by atoms with Crippen molar-refractivity contribution in [2.24, 2.45) is 23.7 Å². The molecule has 114 valence electrons. The van der Waals surface area contributed by atoms with Gasteiger partial charge < -0.3 is 10.2 Å². The van der Waals surface area contributed by atoms with Crippen LogP contribution in [0.15, 0.2) is 0 Å². The third-order valence-electron chi connectivity index (χ3n) is 6.34. The van der Waals surface area contributed by atoms with Gasteiger partial charge in [-0.05, 0) is 70.1 Å². The number of fused-ring (bicyclic) bond motifs is 5. The van der Waals surface area contributed by atoms with Gasteiger partial charge in [0.2, 0.25) is 5.91 Å². The summed E-state index contributed by atoms with van der Waals surface area (Å²) in [4.78, 5) is 14.3. The van der Waals surface area contributed by atoms with E-state index < -0.39 is 0 Å². The Hall–Kier alpha value is -0.570. The number of carbonyl (C=O) groups is 1. The minimum absolute atomic E-state index is 0.0147. The van der Waals surface area contributed by atoms with E-state index in [1.54, 1.807) is 0 Å². The quantitative estimate of drug-likeness (QED) is 0.838. The molecule has 2 bridgehead atoms. The lowest BCUT2D eigenvalue weighted by Gasteiger charge is -2.34. The van der Waals surface area contributed by atoms with Gasteiger partial charge in [-0.15, -0.1) is 0 Å². The van der Waals surface area contributed by atoms with Crippen LogP contribution in [-0.4, -0.2) is 36.0 Å². The molecule has 3 aliphatic carbocycles. The molecule has 0 aromatic heterocycles. The summed E-state index contributed by atoms with van der Waals surface area (Å²) in [6, 6.07) is 0.591. The number of nitrogens with one attached hydrogen (secondary N) is 1. The zero-order chi connectivity index (χ0) is 14.3. The Balaban J connectivity index is 1.58. The Bertz CT molecular complexity index is 366. The molecule has 1 amide bonds. The van der Waals surface area contributed by atoms with Gasteiger partial charge in [-0.25, -0.2) is 0 Å². The summed E-state index contributed by atoms with van der Waals surface area (Å²) < 4.78 is 0. The predicted molar refractivity (Wildman–Crippen MR) is 81.4 cm³/mol. The average molecular weight is 278 g/mol. The Morgan fingerprint density at radius 1 is 1.15 bits per heavy atom. The van der Waals surface area contributed by atoms with Gasteiger partial charge in [-0.2, -0.15) is 0 Å². The molecule has 0 aliphatic heterocycles. The fourth-order valence-corrected chi connectivity index (χ4v) is 5.46. The van der Waals surface area contributed by atoms with E-state index >= 15 is 0 Å². The van der Waals surface area contributed by atoms with Crippen LogP contribution in [0.1, 0.15) is 52.9 Å². The SMILES string of the molecule is CCN(CC)C(=O)C(C)NC1CC2CC1C1CCCC21. The lowest BCUT2D eigenvalue weighted by atomic mass is 9.79. The smallest absolute Gasteiger partial charge is 0.239 e. The van der Waals surface area contributed by atoms with Crippen LogP contribution in [0.4, 0.5) is 0 Å². The first-order valence-electron chi connectivity index (χ1n) is 8.70. The summed E-state index contributed by atoms with van der Waals surface area (Å²) in [5.74, 6) is 4.11. The van der Waals surface area contributed by atoms with E-state index in [2.05, 4.69) is 26.1 Å². The minimum atomic E-state index is -0.0147. The molecule has 0 heterocycles. The normalized spacial score (nSPS) is 39.9. The molecule has 6 unspecified atom stereocenters. The number of hydrogen-bond donors (Lipinski definition) is 1. The van der Waals surface area contributed by atoms with Crippen molar-refractivity contribution in [3.63, 3.8) is 0 Å². The van der Waals surface area contributed by atoms with Crippen molar-refractivity contribution >= 4 is 5.91 Å². The van der Waals surface area contributed by atoms with Crippen molar-refractivity contribution in [3.05, 3.63) is 0 Å². The molecule has 6 atom stereocenters. The second-order valence-electron chi connectivity index (χ2n) is 7.16. The molecule has 0 radical (unpaired) electrons. The molecule has 0 spiro atoms. The molecule has 3 aliphatic rings. The highest BCUT2D eigenvalue weighted by Crippen LogP contribution is 2.58. The molecule has 3 nitrogen and oxygen atoms in total. The highest BCUT2D eigenvalue weighted by Gasteiger charge is 2.53. The molecule has 3 fully saturated rings. The highest BCUT2D eigenvalue weighted by molar-refractivity contribution is 5.81. The van der Waals surface area contributed by atoms with Gasteiger partial charge in [0.1, 0.15) is 0 Å². The van der Waals surface area contributed by atoms with Crippen LogP contribution in [-0.2, 0) is 4.79 Å². The predicted octanol–water partition coefficient (Wildman–Crippen LogP) is 2.66. The van der Waals surface area contributed by atoms with Gasteiger partial charge in [-0.3, -0.25) is 4.79 Å². The van der Waals surface area contributed by atoms with Crippen LogP contribution in [0, 0.1) is 23.7 Å². The second-order valence-corrected chi connectivity index (χ2v) is 7.16. The first-order chi connectivity index (χ1) is 9.65. The summed E-state index contributed by atoms with van der Waals surface area (Å²) in [5.41, 5.74) is 0. The molecule has 1 N–H and O–H groups in total. The maximum Gasteiger partial charge on any atom is 0.239 e. The largest absolute Gasteiger partial charge is 0.342 e. The number of amides is 1.